The van der Waals surface area contributed by atoms with E-state index in [1.165, 1.54) is 25.7 Å². The van der Waals surface area contributed by atoms with E-state index in [4.69, 9.17) is 4.74 Å². The van der Waals surface area contributed by atoms with Gasteiger partial charge in [-0.3, -0.25) is 9.59 Å². The number of methoxy groups -OCH3 is 1. The number of hydrogen-bond acceptors (Lipinski definition) is 4. The minimum atomic E-state index is -0.128. The minimum absolute atomic E-state index is 0.0545. The zero-order chi connectivity index (χ0) is 20.7. The van der Waals surface area contributed by atoms with Gasteiger partial charge in [-0.1, -0.05) is 18.9 Å². The molecule has 0 radical (unpaired) electrons. The van der Waals surface area contributed by atoms with Gasteiger partial charge in [-0.2, -0.15) is 0 Å². The predicted octanol–water partition coefficient (Wildman–Crippen LogP) is 2.54. The number of nitrogens with zero attached hydrogens (tertiary/aromatic N) is 2. The first-order chi connectivity index (χ1) is 14.6. The van der Waals surface area contributed by atoms with Crippen LogP contribution in [0.5, 0.6) is 5.75 Å². The maximum absolute atomic E-state index is 13.0. The lowest BCUT2D eigenvalue weighted by atomic mass is 9.75. The molecule has 1 spiro atoms. The second kappa shape index (κ2) is 7.88. The lowest BCUT2D eigenvalue weighted by molar-refractivity contribution is -0.123. The van der Waals surface area contributed by atoms with Crippen LogP contribution in [-0.4, -0.2) is 67.0 Å². The second-order valence-corrected chi connectivity index (χ2v) is 9.75. The Kier molecular flexibility index (Phi) is 5.21. The van der Waals surface area contributed by atoms with Gasteiger partial charge in [0.1, 0.15) is 5.75 Å². The van der Waals surface area contributed by atoms with Gasteiger partial charge in [0.25, 0.3) is 5.91 Å². The zero-order valence-electron chi connectivity index (χ0n) is 17.9. The highest BCUT2D eigenvalue weighted by atomic mass is 16.5. The maximum atomic E-state index is 13.0. The third kappa shape index (κ3) is 3.49. The fraction of sp³-hybridized carbons (Fsp3) is 0.667. The normalized spacial score (nSPS) is 28.7. The molecule has 2 atom stereocenters. The molecule has 4 fully saturated rings. The van der Waals surface area contributed by atoms with Crippen molar-refractivity contribution in [1.82, 2.24) is 15.1 Å². The fourth-order valence-corrected chi connectivity index (χ4v) is 6.39. The highest BCUT2D eigenvalue weighted by molar-refractivity contribution is 5.94. The van der Waals surface area contributed by atoms with Crippen LogP contribution >= 0.6 is 0 Å². The standard InChI is InChI=1S/C24H33N3O3/c1-30-19-8-4-7-18(13-19)23(29)27-11-9-24(10-12-27)21-16-26(14-17-5-2-3-6-17)15-20(21)22(28)25-24/h4,7-8,13,17,20-21H,2-3,5-6,9-12,14-16H2,1H3,(H,25,28)/t20-,21+/m1/s1. The van der Waals surface area contributed by atoms with Crippen LogP contribution in [0.1, 0.15) is 48.9 Å². The molecule has 6 nitrogen and oxygen atoms in total. The maximum Gasteiger partial charge on any atom is 0.253 e. The number of rotatable bonds is 4. The van der Waals surface area contributed by atoms with Crippen LogP contribution in [0, 0.1) is 17.8 Å². The van der Waals surface area contributed by atoms with Crippen molar-refractivity contribution in [3.63, 3.8) is 0 Å². The average Bonchev–Trinajstić information content (AvgIpc) is 3.48. The first-order valence-electron chi connectivity index (χ1n) is 11.6. The monoisotopic (exact) mass is 411 g/mol. The summed E-state index contributed by atoms with van der Waals surface area (Å²) in [5.74, 6) is 2.34. The summed E-state index contributed by atoms with van der Waals surface area (Å²) >= 11 is 0. The van der Waals surface area contributed by atoms with Gasteiger partial charge in [-0.15, -0.1) is 0 Å². The number of carbonyl (C=O) groups excluding carboxylic acids is 2. The molecule has 4 aliphatic rings. The predicted molar refractivity (Wildman–Crippen MR) is 114 cm³/mol. The van der Waals surface area contributed by atoms with Crippen molar-refractivity contribution >= 4 is 11.8 Å². The molecule has 0 bridgehead atoms. The van der Waals surface area contributed by atoms with Gasteiger partial charge in [-0.05, 0) is 49.8 Å². The third-order valence-corrected chi connectivity index (χ3v) is 8.06. The Morgan fingerprint density at radius 3 is 2.70 bits per heavy atom. The van der Waals surface area contributed by atoms with Crippen molar-refractivity contribution in [3.05, 3.63) is 29.8 Å². The van der Waals surface area contributed by atoms with E-state index < -0.39 is 0 Å². The van der Waals surface area contributed by atoms with Crippen molar-refractivity contribution in [1.29, 1.82) is 0 Å². The molecule has 2 amide bonds. The van der Waals surface area contributed by atoms with Gasteiger partial charge in [0.05, 0.1) is 13.0 Å². The van der Waals surface area contributed by atoms with E-state index >= 15 is 0 Å². The van der Waals surface area contributed by atoms with Crippen molar-refractivity contribution in [2.45, 2.75) is 44.1 Å². The number of ether oxygens (including phenoxy) is 1. The van der Waals surface area contributed by atoms with Gasteiger partial charge in [0.2, 0.25) is 5.91 Å². The summed E-state index contributed by atoms with van der Waals surface area (Å²) in [6.45, 7) is 4.51. The lowest BCUT2D eigenvalue weighted by Crippen LogP contribution is -2.56. The van der Waals surface area contributed by atoms with E-state index in [-0.39, 0.29) is 23.3 Å². The topological polar surface area (TPSA) is 61.9 Å². The quantitative estimate of drug-likeness (QED) is 0.827. The largest absolute Gasteiger partial charge is 0.497 e. The summed E-state index contributed by atoms with van der Waals surface area (Å²) in [5.41, 5.74) is 0.541. The van der Waals surface area contributed by atoms with Gasteiger partial charge in [-0.25, -0.2) is 0 Å². The Morgan fingerprint density at radius 2 is 1.97 bits per heavy atom. The van der Waals surface area contributed by atoms with Crippen LogP contribution < -0.4 is 10.1 Å². The second-order valence-electron chi connectivity index (χ2n) is 9.75. The van der Waals surface area contributed by atoms with E-state index in [0.29, 0.717) is 30.3 Å². The molecule has 1 N–H and O–H groups in total. The summed E-state index contributed by atoms with van der Waals surface area (Å²) in [6, 6.07) is 7.36. The fourth-order valence-electron chi connectivity index (χ4n) is 6.39. The SMILES string of the molecule is COc1cccc(C(=O)N2CCC3(CC2)NC(=O)[C@@H]2CN(CC4CCCC4)C[C@@H]23)c1. The summed E-state index contributed by atoms with van der Waals surface area (Å²) in [5, 5.41) is 3.38. The number of amides is 2. The molecule has 0 aromatic heterocycles. The van der Waals surface area contributed by atoms with Crippen LogP contribution in [0.2, 0.25) is 0 Å². The average molecular weight is 412 g/mol. The molecule has 1 aliphatic carbocycles. The molecule has 1 saturated carbocycles. The third-order valence-electron chi connectivity index (χ3n) is 8.06. The number of fused-ring (bicyclic) bond motifs is 2. The van der Waals surface area contributed by atoms with Crippen molar-refractivity contribution in [3.8, 4) is 5.75 Å². The Labute approximate surface area is 178 Å². The molecule has 5 rings (SSSR count). The number of piperidine rings is 1. The number of carbonyl (C=O) groups is 2. The van der Waals surface area contributed by atoms with Crippen LogP contribution in [0.25, 0.3) is 0 Å². The molecule has 30 heavy (non-hydrogen) atoms. The molecule has 3 saturated heterocycles. The number of nitrogens with one attached hydrogen (secondary N) is 1. The van der Waals surface area contributed by atoms with Crippen molar-refractivity contribution in [2.24, 2.45) is 17.8 Å². The van der Waals surface area contributed by atoms with Crippen LogP contribution in [0.15, 0.2) is 24.3 Å². The summed E-state index contributed by atoms with van der Waals surface area (Å²) in [7, 11) is 1.62. The molecule has 3 heterocycles. The Bertz CT molecular complexity index is 812. The van der Waals surface area contributed by atoms with E-state index in [1.807, 2.05) is 23.1 Å². The van der Waals surface area contributed by atoms with E-state index in [2.05, 4.69) is 10.2 Å². The Balaban J connectivity index is 1.23. The van der Waals surface area contributed by atoms with Crippen molar-refractivity contribution < 1.29 is 14.3 Å². The zero-order valence-corrected chi connectivity index (χ0v) is 17.9. The van der Waals surface area contributed by atoms with E-state index in [9.17, 15) is 9.59 Å². The summed E-state index contributed by atoms with van der Waals surface area (Å²) < 4.78 is 5.26. The minimum Gasteiger partial charge on any atom is -0.497 e. The Morgan fingerprint density at radius 1 is 1.20 bits per heavy atom. The molecular weight excluding hydrogens is 378 g/mol. The number of hydrogen-bond donors (Lipinski definition) is 1. The summed E-state index contributed by atoms with van der Waals surface area (Å²) in [4.78, 5) is 30.3. The number of likely N-dealkylation sites (tertiary alicyclic amines) is 2. The van der Waals surface area contributed by atoms with Gasteiger partial charge in [0, 0.05) is 49.7 Å². The molecule has 162 valence electrons. The highest BCUT2D eigenvalue weighted by Crippen LogP contribution is 2.44. The van der Waals surface area contributed by atoms with Crippen LogP contribution in [-0.2, 0) is 4.79 Å². The summed E-state index contributed by atoms with van der Waals surface area (Å²) in [6.07, 6.45) is 7.15. The first-order valence-corrected chi connectivity index (χ1v) is 11.6. The van der Waals surface area contributed by atoms with Gasteiger partial charge in [0.15, 0.2) is 0 Å². The number of benzene rings is 1. The van der Waals surface area contributed by atoms with Crippen LogP contribution in [0.3, 0.4) is 0 Å². The van der Waals surface area contributed by atoms with E-state index in [1.54, 1.807) is 13.2 Å². The molecule has 6 heteroatoms. The van der Waals surface area contributed by atoms with Crippen molar-refractivity contribution in [2.75, 3.05) is 39.8 Å². The highest BCUT2D eigenvalue weighted by Gasteiger charge is 2.57. The molecule has 0 unspecified atom stereocenters. The first kappa shape index (κ1) is 19.9. The smallest absolute Gasteiger partial charge is 0.253 e. The molecule has 1 aromatic rings. The van der Waals surface area contributed by atoms with E-state index in [0.717, 1.165) is 38.4 Å². The van der Waals surface area contributed by atoms with Gasteiger partial charge < -0.3 is 19.9 Å². The molecule has 1 aromatic carbocycles. The molecular formula is C24H33N3O3. The van der Waals surface area contributed by atoms with Crippen LogP contribution in [0.4, 0.5) is 0 Å². The van der Waals surface area contributed by atoms with Gasteiger partial charge >= 0.3 is 0 Å². The Hall–Kier alpha value is -2.08. The molecule has 3 aliphatic heterocycles. The lowest BCUT2D eigenvalue weighted by Gasteiger charge is -2.43.